The van der Waals surface area contributed by atoms with Crippen LogP contribution in [0.25, 0.3) is 16.2 Å². The van der Waals surface area contributed by atoms with Gasteiger partial charge in [0.15, 0.2) is 16.4 Å². The standard InChI is InChI=1S/C25H24N2O8S/c1-27(2)19-12-8-9-7-11-10(14-5-6-15(29)36-14)3-4-13(28)17(11)20(30)16(9)22(32)25(12,35)23(33)18(21(19)31)24(26)34/h3-6,9,12,19,28-30,33,35H,7-8H2,1-2H3,(H2,26,34)/t9-,12-,19-,25-/m0/s1. The van der Waals surface area contributed by atoms with Gasteiger partial charge in [-0.2, -0.15) is 0 Å². The van der Waals surface area contributed by atoms with Crippen molar-refractivity contribution in [3.63, 3.8) is 0 Å². The van der Waals surface area contributed by atoms with Crippen molar-refractivity contribution in [2.75, 3.05) is 14.1 Å². The van der Waals surface area contributed by atoms with Crippen molar-refractivity contribution >= 4 is 34.6 Å². The van der Waals surface area contributed by atoms with Crippen LogP contribution in [-0.4, -0.2) is 73.6 Å². The number of carbonyl (C=O) groups is 3. The number of rotatable bonds is 3. The maximum Gasteiger partial charge on any atom is 0.255 e. The molecule has 5 rings (SSSR count). The Bertz CT molecular complexity index is 1420. The normalized spacial score (nSPS) is 27.7. The zero-order chi connectivity index (χ0) is 26.3. The first-order valence-electron chi connectivity index (χ1n) is 11.2. The molecule has 1 aromatic carbocycles. The number of ketones is 2. The van der Waals surface area contributed by atoms with Crippen LogP contribution in [0.5, 0.6) is 10.8 Å². The van der Waals surface area contributed by atoms with Gasteiger partial charge in [0, 0.05) is 16.4 Å². The molecule has 1 saturated carbocycles. The van der Waals surface area contributed by atoms with E-state index in [9.17, 15) is 39.9 Å². The second-order valence-corrected chi connectivity index (χ2v) is 10.6. The monoisotopic (exact) mass is 512 g/mol. The summed E-state index contributed by atoms with van der Waals surface area (Å²) in [7, 11) is 3.10. The topological polar surface area (TPSA) is 182 Å². The third-order valence-electron chi connectivity index (χ3n) is 7.46. The Hall–Kier alpha value is -3.67. The SMILES string of the molecule is CN(C)[C@@H]1C(=O)C(C(N)=O)=C(O)[C@@]2(O)C(=O)C3=C(O)c4c(O)ccc(-c5ccc(O)s5)c4C[C@H]3C[C@@H]12. The number of amides is 1. The summed E-state index contributed by atoms with van der Waals surface area (Å²) in [4.78, 5) is 41.1. The Morgan fingerprint density at radius 2 is 1.81 bits per heavy atom. The number of benzene rings is 1. The number of hydrogen-bond donors (Lipinski definition) is 6. The van der Waals surface area contributed by atoms with E-state index in [4.69, 9.17) is 5.73 Å². The summed E-state index contributed by atoms with van der Waals surface area (Å²) >= 11 is 1.11. The summed E-state index contributed by atoms with van der Waals surface area (Å²) in [5.41, 5.74) is 2.80. The van der Waals surface area contributed by atoms with Gasteiger partial charge in [-0.15, -0.1) is 0 Å². The third-order valence-corrected chi connectivity index (χ3v) is 8.38. The molecule has 0 aliphatic heterocycles. The van der Waals surface area contributed by atoms with E-state index in [1.807, 2.05) is 0 Å². The molecule has 3 aliphatic rings. The summed E-state index contributed by atoms with van der Waals surface area (Å²) in [6, 6.07) is 5.09. The van der Waals surface area contributed by atoms with Gasteiger partial charge >= 0.3 is 0 Å². The number of phenolic OH excluding ortho intramolecular Hbond substituents is 1. The van der Waals surface area contributed by atoms with Gasteiger partial charge < -0.3 is 31.3 Å². The lowest BCUT2D eigenvalue weighted by Gasteiger charge is -2.50. The molecule has 7 N–H and O–H groups in total. The number of aliphatic hydroxyl groups excluding tert-OH is 2. The average Bonchev–Trinajstić information content (AvgIpc) is 3.22. The van der Waals surface area contributed by atoms with Crippen molar-refractivity contribution in [1.82, 2.24) is 4.90 Å². The molecule has 11 heteroatoms. The Kier molecular flexibility index (Phi) is 5.29. The van der Waals surface area contributed by atoms with Gasteiger partial charge in [0.05, 0.1) is 11.6 Å². The van der Waals surface area contributed by atoms with Gasteiger partial charge in [0.1, 0.15) is 22.8 Å². The lowest BCUT2D eigenvalue weighted by atomic mass is 9.57. The van der Waals surface area contributed by atoms with Gasteiger partial charge in [-0.25, -0.2) is 0 Å². The number of phenols is 1. The Morgan fingerprint density at radius 3 is 2.39 bits per heavy atom. The lowest BCUT2D eigenvalue weighted by molar-refractivity contribution is -0.153. The van der Waals surface area contributed by atoms with E-state index >= 15 is 0 Å². The average molecular weight is 513 g/mol. The molecular formula is C25H24N2O8S. The van der Waals surface area contributed by atoms with Crippen molar-refractivity contribution in [3.8, 4) is 21.3 Å². The molecule has 3 aliphatic carbocycles. The minimum atomic E-state index is -2.67. The summed E-state index contributed by atoms with van der Waals surface area (Å²) in [5, 5.41) is 54.2. The van der Waals surface area contributed by atoms with Gasteiger partial charge in [0.2, 0.25) is 5.78 Å². The molecule has 10 nitrogen and oxygen atoms in total. The number of Topliss-reactive ketones (excluding diaryl/α,β-unsaturated/α-hetero) is 2. The van der Waals surface area contributed by atoms with Gasteiger partial charge in [0.25, 0.3) is 5.91 Å². The molecule has 0 saturated heterocycles. The molecule has 1 amide bonds. The summed E-state index contributed by atoms with van der Waals surface area (Å²) in [6.45, 7) is 0. The van der Waals surface area contributed by atoms with Crippen LogP contribution >= 0.6 is 11.3 Å². The largest absolute Gasteiger partial charge is 0.508 e. The van der Waals surface area contributed by atoms with Crippen LogP contribution < -0.4 is 5.73 Å². The molecule has 0 radical (unpaired) electrons. The number of thiophene rings is 1. The zero-order valence-electron chi connectivity index (χ0n) is 19.3. The van der Waals surface area contributed by atoms with E-state index in [1.165, 1.54) is 17.0 Å². The number of hydrogen-bond acceptors (Lipinski definition) is 10. The Morgan fingerprint density at radius 1 is 1.11 bits per heavy atom. The van der Waals surface area contributed by atoms with Crippen molar-refractivity contribution in [1.29, 1.82) is 0 Å². The molecule has 0 bridgehead atoms. The quantitative estimate of drug-likeness (QED) is 0.331. The Balaban J connectivity index is 1.75. The van der Waals surface area contributed by atoms with E-state index in [0.29, 0.717) is 16.0 Å². The molecule has 188 valence electrons. The molecule has 4 atom stereocenters. The number of aromatic hydroxyl groups is 2. The van der Waals surface area contributed by atoms with Crippen molar-refractivity contribution in [2.45, 2.75) is 24.5 Å². The molecule has 1 aromatic heterocycles. The van der Waals surface area contributed by atoms with E-state index in [0.717, 1.165) is 11.3 Å². The fourth-order valence-corrected chi connectivity index (χ4v) is 6.75. The van der Waals surface area contributed by atoms with E-state index < -0.39 is 58.0 Å². The maximum absolute atomic E-state index is 13.8. The highest BCUT2D eigenvalue weighted by atomic mass is 32.1. The molecule has 1 fully saturated rings. The number of likely N-dealkylation sites (N-methyl/N-ethyl adjacent to an activating group) is 1. The minimum absolute atomic E-state index is 0.0105. The maximum atomic E-state index is 13.8. The fraction of sp³-hybridized carbons (Fsp3) is 0.320. The molecule has 0 spiro atoms. The van der Waals surface area contributed by atoms with Crippen molar-refractivity contribution in [2.24, 2.45) is 17.6 Å². The second kappa shape index (κ2) is 7.92. The highest BCUT2D eigenvalue weighted by Gasteiger charge is 2.64. The second-order valence-electron chi connectivity index (χ2n) is 9.59. The third kappa shape index (κ3) is 3.06. The lowest BCUT2D eigenvalue weighted by Crippen LogP contribution is -2.65. The summed E-state index contributed by atoms with van der Waals surface area (Å²) < 4.78 is 0. The van der Waals surface area contributed by atoms with Crippen molar-refractivity contribution in [3.05, 3.63) is 52.3 Å². The van der Waals surface area contributed by atoms with Crippen LogP contribution in [0.4, 0.5) is 0 Å². The first kappa shape index (κ1) is 24.0. The van der Waals surface area contributed by atoms with Crippen LogP contribution in [0.3, 0.4) is 0 Å². The highest BCUT2D eigenvalue weighted by molar-refractivity contribution is 7.17. The highest BCUT2D eigenvalue weighted by Crippen LogP contribution is 2.54. The van der Waals surface area contributed by atoms with Crippen LogP contribution in [0, 0.1) is 11.8 Å². The first-order chi connectivity index (χ1) is 16.9. The molecule has 36 heavy (non-hydrogen) atoms. The van der Waals surface area contributed by atoms with E-state index in [1.54, 1.807) is 26.2 Å². The number of nitrogens with two attached hydrogens (primary N) is 1. The van der Waals surface area contributed by atoms with Gasteiger partial charge in [-0.05, 0) is 68.2 Å². The number of primary amides is 1. The zero-order valence-corrected chi connectivity index (χ0v) is 20.2. The number of nitrogens with zero attached hydrogens (tertiary/aromatic N) is 1. The number of aliphatic hydroxyl groups is 3. The smallest absolute Gasteiger partial charge is 0.255 e. The van der Waals surface area contributed by atoms with E-state index in [-0.39, 0.29) is 34.8 Å². The van der Waals surface area contributed by atoms with Crippen molar-refractivity contribution < 1.29 is 39.9 Å². The number of carbonyl (C=O) groups excluding carboxylic acids is 3. The first-order valence-corrected chi connectivity index (χ1v) is 12.0. The fourth-order valence-electron chi connectivity index (χ4n) is 5.95. The van der Waals surface area contributed by atoms with Gasteiger partial charge in [-0.1, -0.05) is 11.3 Å². The van der Waals surface area contributed by atoms with Crippen LogP contribution in [0.1, 0.15) is 17.5 Å². The molecular weight excluding hydrogens is 488 g/mol. The summed E-state index contributed by atoms with van der Waals surface area (Å²) in [5.74, 6) is -6.89. The molecule has 2 aromatic rings. The molecule has 1 heterocycles. The van der Waals surface area contributed by atoms with Gasteiger partial charge in [-0.3, -0.25) is 19.3 Å². The van der Waals surface area contributed by atoms with Crippen LogP contribution in [0.15, 0.2) is 41.2 Å². The van der Waals surface area contributed by atoms with Crippen LogP contribution in [0.2, 0.25) is 0 Å². The summed E-state index contributed by atoms with van der Waals surface area (Å²) in [6.07, 6.45) is 0.188. The van der Waals surface area contributed by atoms with Crippen LogP contribution in [-0.2, 0) is 20.8 Å². The number of fused-ring (bicyclic) bond motifs is 3. The Labute approximate surface area is 209 Å². The predicted molar refractivity (Wildman–Crippen MR) is 129 cm³/mol. The molecule has 0 unspecified atom stereocenters. The minimum Gasteiger partial charge on any atom is -0.508 e. The predicted octanol–water partition coefficient (Wildman–Crippen LogP) is 1.40. The van der Waals surface area contributed by atoms with E-state index in [2.05, 4.69) is 0 Å².